The molecule has 1 rings (SSSR count). The van der Waals surface area contributed by atoms with Crippen molar-refractivity contribution in [3.63, 3.8) is 0 Å². The molecule has 1 aromatic rings. The second kappa shape index (κ2) is 7.86. The van der Waals surface area contributed by atoms with Gasteiger partial charge in [-0.2, -0.15) is 5.26 Å². The minimum Gasteiger partial charge on any atom is -0.348 e. The maximum atomic E-state index is 8.75. The van der Waals surface area contributed by atoms with E-state index in [9.17, 15) is 0 Å². The fraction of sp³-hybridized carbons (Fsp3) is 0.500. The smallest absolute Gasteiger partial charge is 0.173 e. The van der Waals surface area contributed by atoms with Crippen LogP contribution in [0.5, 0.6) is 0 Å². The zero-order valence-electron chi connectivity index (χ0n) is 12.7. The summed E-state index contributed by atoms with van der Waals surface area (Å²) in [5.41, 5.74) is 3.51. The van der Waals surface area contributed by atoms with Gasteiger partial charge in [-0.1, -0.05) is 19.9 Å². The Morgan fingerprint density at radius 1 is 1.35 bits per heavy atom. The van der Waals surface area contributed by atoms with Crippen LogP contribution in [0.15, 0.2) is 18.2 Å². The summed E-state index contributed by atoms with van der Waals surface area (Å²) in [6.07, 6.45) is 0.488. The Labute approximate surface area is 127 Å². The first-order valence-electron chi connectivity index (χ1n) is 6.94. The van der Waals surface area contributed by atoms with Gasteiger partial charge in [-0.25, -0.2) is 0 Å². The molecule has 0 aromatic heterocycles. The van der Waals surface area contributed by atoms with Gasteiger partial charge in [0.2, 0.25) is 0 Å². The first kappa shape index (κ1) is 16.5. The summed E-state index contributed by atoms with van der Waals surface area (Å²) in [6.45, 7) is 10.0. The molecule has 0 heterocycles. The van der Waals surface area contributed by atoms with Crippen LogP contribution in [0.25, 0.3) is 0 Å². The maximum absolute atomic E-state index is 8.75. The number of nitrogens with one attached hydrogen (secondary N) is 1. The van der Waals surface area contributed by atoms with Gasteiger partial charge in [0, 0.05) is 18.8 Å². The van der Waals surface area contributed by atoms with Crippen LogP contribution in [0.1, 0.15) is 31.4 Å². The molecule has 0 aliphatic carbocycles. The summed E-state index contributed by atoms with van der Waals surface area (Å²) >= 11 is 5.47. The molecule has 0 unspecified atom stereocenters. The molecule has 0 spiro atoms. The van der Waals surface area contributed by atoms with Crippen molar-refractivity contribution in [2.75, 3.05) is 18.4 Å². The highest BCUT2D eigenvalue weighted by Crippen LogP contribution is 2.15. The van der Waals surface area contributed by atoms with Gasteiger partial charge in [0.15, 0.2) is 5.11 Å². The molecule has 0 bridgehead atoms. The molecule has 1 aromatic carbocycles. The van der Waals surface area contributed by atoms with Crippen LogP contribution in [0.2, 0.25) is 0 Å². The standard InChI is InChI=1S/C16H23N3S/c1-12(2)11-19(9-5-8-17)16(20)18-15-7-6-13(3)14(4)10-15/h6-7,10,12H,5,9,11H2,1-4H3,(H,18,20). The van der Waals surface area contributed by atoms with Crippen molar-refractivity contribution in [3.05, 3.63) is 29.3 Å². The minimum atomic E-state index is 0.488. The van der Waals surface area contributed by atoms with Gasteiger partial charge >= 0.3 is 0 Å². The number of nitriles is 1. The summed E-state index contributed by atoms with van der Waals surface area (Å²) in [4.78, 5) is 2.07. The highest BCUT2D eigenvalue weighted by molar-refractivity contribution is 7.80. The van der Waals surface area contributed by atoms with Gasteiger partial charge in [-0.3, -0.25) is 0 Å². The van der Waals surface area contributed by atoms with Crippen LogP contribution in [-0.4, -0.2) is 23.1 Å². The number of anilines is 1. The number of rotatable bonds is 5. The third-order valence-electron chi connectivity index (χ3n) is 3.12. The third kappa shape index (κ3) is 5.18. The summed E-state index contributed by atoms with van der Waals surface area (Å²) < 4.78 is 0. The lowest BCUT2D eigenvalue weighted by atomic mass is 10.1. The highest BCUT2D eigenvalue weighted by atomic mass is 32.1. The number of thiocarbonyl (C=S) groups is 1. The van der Waals surface area contributed by atoms with Gasteiger partial charge < -0.3 is 10.2 Å². The molecular weight excluding hydrogens is 266 g/mol. The van der Waals surface area contributed by atoms with Crippen molar-refractivity contribution in [1.29, 1.82) is 5.26 Å². The van der Waals surface area contributed by atoms with Crippen molar-refractivity contribution in [1.82, 2.24) is 4.90 Å². The van der Waals surface area contributed by atoms with Gasteiger partial charge in [-0.05, 0) is 55.2 Å². The molecule has 3 nitrogen and oxygen atoms in total. The largest absolute Gasteiger partial charge is 0.348 e. The van der Waals surface area contributed by atoms with E-state index >= 15 is 0 Å². The quantitative estimate of drug-likeness (QED) is 0.835. The topological polar surface area (TPSA) is 39.1 Å². The van der Waals surface area contributed by atoms with E-state index in [1.54, 1.807) is 0 Å². The van der Waals surface area contributed by atoms with E-state index in [0.29, 0.717) is 24.0 Å². The van der Waals surface area contributed by atoms with Crippen molar-refractivity contribution in [2.24, 2.45) is 5.92 Å². The van der Waals surface area contributed by atoms with Gasteiger partial charge in [0.05, 0.1) is 12.5 Å². The summed E-state index contributed by atoms with van der Waals surface area (Å²) in [7, 11) is 0. The Morgan fingerprint density at radius 3 is 2.60 bits per heavy atom. The third-order valence-corrected chi connectivity index (χ3v) is 3.48. The maximum Gasteiger partial charge on any atom is 0.173 e. The van der Waals surface area contributed by atoms with Crippen LogP contribution in [0.3, 0.4) is 0 Å². The molecule has 4 heteroatoms. The Morgan fingerprint density at radius 2 is 2.05 bits per heavy atom. The Bertz CT molecular complexity index is 503. The Kier molecular flexibility index (Phi) is 6.47. The van der Waals surface area contributed by atoms with Crippen LogP contribution in [0, 0.1) is 31.1 Å². The van der Waals surface area contributed by atoms with Crippen molar-refractivity contribution < 1.29 is 0 Å². The normalized spacial score (nSPS) is 10.2. The Balaban J connectivity index is 2.73. The van der Waals surface area contributed by atoms with Gasteiger partial charge in [0.1, 0.15) is 0 Å². The molecule has 0 saturated heterocycles. The molecule has 0 atom stereocenters. The highest BCUT2D eigenvalue weighted by Gasteiger charge is 2.11. The average molecular weight is 289 g/mol. The molecule has 0 aliphatic heterocycles. The number of benzene rings is 1. The SMILES string of the molecule is Cc1ccc(NC(=S)N(CCC#N)CC(C)C)cc1C. The van der Waals surface area contributed by atoms with Crippen LogP contribution in [-0.2, 0) is 0 Å². The van der Waals surface area contributed by atoms with E-state index in [0.717, 1.165) is 12.2 Å². The minimum absolute atomic E-state index is 0.488. The zero-order valence-corrected chi connectivity index (χ0v) is 13.5. The second-order valence-corrected chi connectivity index (χ2v) is 5.86. The monoisotopic (exact) mass is 289 g/mol. The van der Waals surface area contributed by atoms with Gasteiger partial charge in [0.25, 0.3) is 0 Å². The van der Waals surface area contributed by atoms with Crippen molar-refractivity contribution in [3.8, 4) is 6.07 Å². The molecule has 0 amide bonds. The fourth-order valence-corrected chi connectivity index (χ4v) is 2.21. The Hall–Kier alpha value is -1.60. The summed E-state index contributed by atoms with van der Waals surface area (Å²) in [6, 6.07) is 8.39. The predicted molar refractivity (Wildman–Crippen MR) is 88.8 cm³/mol. The van der Waals surface area contributed by atoms with E-state index < -0.39 is 0 Å². The first-order chi connectivity index (χ1) is 9.43. The molecule has 0 fully saturated rings. The lowest BCUT2D eigenvalue weighted by molar-refractivity contribution is 0.376. The number of nitrogens with zero attached hydrogens (tertiary/aromatic N) is 2. The lowest BCUT2D eigenvalue weighted by Gasteiger charge is -2.27. The molecule has 1 N–H and O–H groups in total. The van der Waals surface area contributed by atoms with Crippen molar-refractivity contribution >= 4 is 23.0 Å². The first-order valence-corrected chi connectivity index (χ1v) is 7.35. The average Bonchev–Trinajstić information content (AvgIpc) is 2.38. The molecular formula is C16H23N3S. The number of aryl methyl sites for hydroxylation is 2. The van der Waals surface area contributed by atoms with Crippen molar-refractivity contribution in [2.45, 2.75) is 34.1 Å². The molecule has 0 saturated carbocycles. The van der Waals surface area contributed by atoms with E-state index in [1.807, 2.05) is 6.07 Å². The van der Waals surface area contributed by atoms with Gasteiger partial charge in [-0.15, -0.1) is 0 Å². The predicted octanol–water partition coefficient (Wildman–Crippen LogP) is 3.87. The number of hydrogen-bond donors (Lipinski definition) is 1. The molecule has 108 valence electrons. The van der Waals surface area contributed by atoms with Crippen LogP contribution >= 0.6 is 12.2 Å². The number of hydrogen-bond acceptors (Lipinski definition) is 2. The van der Waals surface area contributed by atoms with Crippen LogP contribution in [0.4, 0.5) is 5.69 Å². The fourth-order valence-electron chi connectivity index (χ4n) is 1.92. The van der Waals surface area contributed by atoms with Crippen LogP contribution < -0.4 is 5.32 Å². The summed E-state index contributed by atoms with van der Waals surface area (Å²) in [5, 5.41) is 12.7. The molecule has 0 radical (unpaired) electrons. The molecule has 0 aliphatic rings. The van der Waals surface area contributed by atoms with E-state index in [1.165, 1.54) is 11.1 Å². The van der Waals surface area contributed by atoms with E-state index in [4.69, 9.17) is 17.5 Å². The van der Waals surface area contributed by atoms with E-state index in [2.05, 4.69) is 56.1 Å². The second-order valence-electron chi connectivity index (χ2n) is 5.48. The molecule has 20 heavy (non-hydrogen) atoms. The van der Waals surface area contributed by atoms with E-state index in [-0.39, 0.29) is 0 Å². The lowest BCUT2D eigenvalue weighted by Crippen LogP contribution is -2.38. The zero-order chi connectivity index (χ0) is 15.1. The summed E-state index contributed by atoms with van der Waals surface area (Å²) in [5.74, 6) is 0.508.